The molecule has 0 aromatic rings. The van der Waals surface area contributed by atoms with Crippen LogP contribution < -0.4 is 0 Å². The van der Waals surface area contributed by atoms with Crippen molar-refractivity contribution in [3.8, 4) is 36.4 Å². The van der Waals surface area contributed by atoms with Crippen molar-refractivity contribution in [2.24, 2.45) is 11.8 Å². The Hall–Kier alpha value is -2.38. The van der Waals surface area contributed by atoms with E-state index in [2.05, 4.69) is 39.9 Å². The maximum Gasteiger partial charge on any atom is 0.218 e. The van der Waals surface area contributed by atoms with E-state index in [0.29, 0.717) is 0 Å². The second kappa shape index (κ2) is 25.3. The van der Waals surface area contributed by atoms with Gasteiger partial charge in [-0.15, -0.1) is 0 Å². The molecular weight excluding hydrogens is 1250 g/mol. The Balaban J connectivity index is 0.000000191. The van der Waals surface area contributed by atoms with E-state index in [1.807, 2.05) is 0 Å². The fourth-order valence-corrected chi connectivity index (χ4v) is 66.5. The average molecular weight is 1330 g/mol. The zero-order valence-electron chi connectivity index (χ0n) is 40.5. The molecule has 11 saturated heterocycles. The number of fused-ring (bicyclic) bond motifs is 20. The summed E-state index contributed by atoms with van der Waals surface area (Å²) in [6, 6.07) is 15.2. The van der Waals surface area contributed by atoms with Crippen molar-refractivity contribution < 1.29 is 21.9 Å². The molecule has 12 heterocycles. The Morgan fingerprint density at radius 2 is 0.662 bits per heavy atom. The molecule has 12 rings (SSSR count). The zero-order chi connectivity index (χ0) is 44.3. The van der Waals surface area contributed by atoms with Crippen LogP contribution >= 0.6 is 0 Å². The van der Waals surface area contributed by atoms with Gasteiger partial charge in [-0.05, 0) is 0 Å². The molecule has 12 aliphatic heterocycles. The molecule has 7 unspecified atom stereocenters. The molecule has 0 aromatic carbocycles. The van der Waals surface area contributed by atoms with Gasteiger partial charge in [0.05, 0.1) is 36.4 Å². The molecule has 0 amide bonds. The maximum absolute atomic E-state index is 7.83. The van der Waals surface area contributed by atoms with E-state index in [1.54, 1.807) is 5.70 Å². The minimum Gasteiger partial charge on any atom is -0.457 e. The van der Waals surface area contributed by atoms with Gasteiger partial charge in [0.2, 0.25) is 11.8 Å². The number of allylic oxidation sites excluding steroid dienone is 2. The number of nitriles is 6. The summed E-state index contributed by atoms with van der Waals surface area (Å²) in [4.78, 5) is 0. The predicted molar refractivity (Wildman–Crippen MR) is 266 cm³/mol. The molecule has 12 aliphatic rings. The van der Waals surface area contributed by atoms with Crippen LogP contribution in [0.1, 0.15) is 135 Å². The molecule has 18 nitrogen and oxygen atoms in total. The molecule has 372 valence electrons. The van der Waals surface area contributed by atoms with Gasteiger partial charge in [-0.1, -0.05) is 0 Å². The number of hydrogen-bond acceptors (Lipinski definition) is 14. The molecule has 68 heavy (non-hydrogen) atoms. The van der Waals surface area contributed by atoms with Gasteiger partial charge in [-0.25, -0.2) is 0 Å². The summed E-state index contributed by atoms with van der Waals surface area (Å²) in [6.07, 6.45) is 38.4. The number of hydrogen-bond donors (Lipinski definition) is 0. The summed E-state index contributed by atoms with van der Waals surface area (Å²) in [7, 11) is 0. The van der Waals surface area contributed by atoms with E-state index >= 15 is 0 Å². The van der Waals surface area contributed by atoms with E-state index in [0.717, 1.165) is 42.3 Å². The molecule has 11 fully saturated rings. The summed E-state index contributed by atoms with van der Waals surface area (Å²) < 4.78 is 25.7. The van der Waals surface area contributed by atoms with Crippen molar-refractivity contribution >= 4 is 44.7 Å². The summed E-state index contributed by atoms with van der Waals surface area (Å²) in [5.41, 5.74) is 1.72. The van der Waals surface area contributed by atoms with Crippen LogP contribution in [0.3, 0.4) is 0 Å². The first-order chi connectivity index (χ1) is 31.5. The van der Waals surface area contributed by atoms with Gasteiger partial charge in [0.1, 0.15) is 0 Å². The predicted octanol–water partition coefficient (Wildman–Crippen LogP) is 2.29. The molecule has 12 N–H and O–H groups in total. The second-order valence-electron chi connectivity index (χ2n) is 20.2. The summed E-state index contributed by atoms with van der Waals surface area (Å²) in [5.74, 6) is -2.19. The minimum atomic E-state index is -3.09. The molecule has 20 heteroatoms. The largest absolute Gasteiger partial charge is 0.457 e. The molecule has 0 bridgehead atoms. The Kier molecular flexibility index (Phi) is 21.1. The summed E-state index contributed by atoms with van der Waals surface area (Å²) >= 11 is -6.05. The van der Waals surface area contributed by atoms with Crippen LogP contribution in [-0.4, -0.2) is 161 Å². The van der Waals surface area contributed by atoms with Crippen LogP contribution in [0.5, 0.6) is 0 Å². The average Bonchev–Trinajstić information content (AvgIpc) is 4.05. The van der Waals surface area contributed by atoms with Crippen LogP contribution in [0.25, 0.3) is 0 Å². The number of nitrogens with zero attached hydrogens (tertiary/aromatic N) is 14. The molecule has 0 saturated carbocycles. The third-order valence-corrected chi connectivity index (χ3v) is 57.8. The Labute approximate surface area is 418 Å². The van der Waals surface area contributed by atoms with Crippen LogP contribution in [-0.2, 0) is 21.9 Å². The second-order valence-corrected chi connectivity index (χ2v) is 47.3. The Morgan fingerprint density at radius 1 is 0.382 bits per heavy atom. The van der Waals surface area contributed by atoms with Gasteiger partial charge in [0.15, 0.2) is 0 Å². The fourth-order valence-electron chi connectivity index (χ4n) is 15.2. The van der Waals surface area contributed by atoms with Gasteiger partial charge in [-0.2, -0.15) is 31.6 Å². The SMILES string of the molecule is C1=CC[N]2C(=C1)C1CCCC[N]1[Pb]21[N]2CCCCC2C2CCCC[N]21.C1CC[N]2C(C1)C1CCCC[N]1[Pb]21[N]2CCCCC2C2CCCC[N]21.N#CC(C#N)C#N.N#CC(C#N)C#N.[OH3+].[OH3+].[OH3+].[OH3+]. The van der Waals surface area contributed by atoms with Gasteiger partial charge >= 0.3 is 320 Å². The normalized spacial score (nSPS) is 35.6. The molecule has 2 spiro atoms. The Bertz CT molecular complexity index is 1800. The van der Waals surface area contributed by atoms with E-state index in [-0.39, 0.29) is 21.9 Å². The van der Waals surface area contributed by atoms with Gasteiger partial charge < -0.3 is 21.9 Å². The van der Waals surface area contributed by atoms with E-state index in [1.165, 1.54) is 224 Å². The zero-order valence-corrected chi connectivity index (χ0v) is 48.3. The topological polar surface area (TPSA) is 301 Å². The first-order valence-electron chi connectivity index (χ1n) is 25.4. The van der Waals surface area contributed by atoms with Crippen LogP contribution in [0.15, 0.2) is 23.9 Å². The van der Waals surface area contributed by atoms with Crippen LogP contribution in [0.4, 0.5) is 0 Å². The molecule has 0 aromatic heterocycles. The standard InChI is InChI=1S/3C10H18N2.C10H14N2.2C4HN3.4H2O.2Pb/c4*1-3-7-11-9(5-1)10-6-2-4-8-12-10;2*5-1-4(2-6)3-7;;;;;;/h3*9-10H,1-8H2;1,3,5,10H,2,4,6-8H2;2*4H;4*1H2;;/q4*-2;;;;;;;2*+4/p+4. The summed E-state index contributed by atoms with van der Waals surface area (Å²) in [6.45, 7) is 11.2. The molecule has 0 radical (unpaired) electrons. The first kappa shape index (κ1) is 56.5. The molecule has 7 atom stereocenters. The minimum absolute atomic E-state index is 0. The van der Waals surface area contributed by atoms with E-state index in [4.69, 9.17) is 31.6 Å². The quantitative estimate of drug-likeness (QED) is 0.248. The van der Waals surface area contributed by atoms with Crippen molar-refractivity contribution in [3.05, 3.63) is 23.9 Å². The first-order valence-corrected chi connectivity index (χ1v) is 39.3. The monoisotopic (exact) mass is 1330 g/mol. The number of rotatable bonds is 0. The van der Waals surface area contributed by atoms with Crippen molar-refractivity contribution in [2.45, 2.75) is 177 Å². The third kappa shape index (κ3) is 9.55. The van der Waals surface area contributed by atoms with Crippen LogP contribution in [0, 0.1) is 79.8 Å². The maximum atomic E-state index is 7.83. The fraction of sp³-hybridized carbons (Fsp3) is 0.792. The van der Waals surface area contributed by atoms with Crippen molar-refractivity contribution in [2.75, 3.05) is 52.4 Å². The van der Waals surface area contributed by atoms with Crippen molar-refractivity contribution in [1.82, 2.24) is 21.7 Å². The van der Waals surface area contributed by atoms with Crippen LogP contribution in [0.2, 0.25) is 0 Å². The molecule has 0 aliphatic carbocycles. The van der Waals surface area contributed by atoms with Gasteiger partial charge in [0.25, 0.3) is 0 Å². The number of piperidine rings is 7. The smallest absolute Gasteiger partial charge is 0.218 e. The molecular formula is C48H82N14O4Pb2+4. The summed E-state index contributed by atoms with van der Waals surface area (Å²) in [5, 5.41) is 47.0. The Morgan fingerprint density at radius 3 is 0.956 bits per heavy atom. The van der Waals surface area contributed by atoms with E-state index in [9.17, 15) is 0 Å². The van der Waals surface area contributed by atoms with Crippen molar-refractivity contribution in [3.63, 3.8) is 0 Å². The van der Waals surface area contributed by atoms with Gasteiger partial charge in [0, 0.05) is 0 Å². The van der Waals surface area contributed by atoms with Crippen molar-refractivity contribution in [1.29, 1.82) is 31.6 Å². The van der Waals surface area contributed by atoms with E-state index < -0.39 is 56.6 Å². The van der Waals surface area contributed by atoms with Gasteiger partial charge in [-0.3, -0.25) is 0 Å². The third-order valence-electron chi connectivity index (χ3n) is 17.3.